The number of rotatable bonds is 6. The minimum Gasteiger partial charge on any atom is -0.371 e. The fraction of sp³-hybridized carbons (Fsp3) is 0.455. The van der Waals surface area contributed by atoms with Gasteiger partial charge in [0.05, 0.1) is 22.7 Å². The Hall–Kier alpha value is -2.45. The zero-order valence-corrected chi connectivity index (χ0v) is 17.9. The molecule has 0 aliphatic carbocycles. The number of aromatic nitrogens is 1. The van der Waals surface area contributed by atoms with Gasteiger partial charge in [0.2, 0.25) is 10.0 Å². The lowest BCUT2D eigenvalue weighted by Crippen LogP contribution is -2.36. The number of sulfonamides is 1. The second kappa shape index (κ2) is 9.14. The highest BCUT2D eigenvalue weighted by Gasteiger charge is 2.28. The van der Waals surface area contributed by atoms with Crippen molar-refractivity contribution in [3.05, 3.63) is 53.9 Å². The summed E-state index contributed by atoms with van der Waals surface area (Å²) in [5.41, 5.74) is 1.96. The van der Waals surface area contributed by atoms with E-state index in [4.69, 9.17) is 0 Å². The van der Waals surface area contributed by atoms with Crippen molar-refractivity contribution < 1.29 is 13.2 Å². The van der Waals surface area contributed by atoms with Crippen LogP contribution in [0.25, 0.3) is 0 Å². The van der Waals surface area contributed by atoms with Crippen molar-refractivity contribution in [2.75, 3.05) is 31.1 Å². The van der Waals surface area contributed by atoms with Gasteiger partial charge in [-0.2, -0.15) is 4.31 Å². The molecule has 2 aliphatic rings. The van der Waals surface area contributed by atoms with Gasteiger partial charge in [-0.3, -0.25) is 9.78 Å². The molecule has 0 spiro atoms. The summed E-state index contributed by atoms with van der Waals surface area (Å²) < 4.78 is 27.8. The van der Waals surface area contributed by atoms with Crippen LogP contribution < -0.4 is 10.2 Å². The smallest absolute Gasteiger partial charge is 0.253 e. The van der Waals surface area contributed by atoms with E-state index in [-0.39, 0.29) is 10.8 Å². The van der Waals surface area contributed by atoms with Crippen molar-refractivity contribution >= 4 is 21.6 Å². The lowest BCUT2D eigenvalue weighted by atomic mass is 10.1. The Morgan fingerprint density at radius 1 is 0.967 bits per heavy atom. The maximum atomic E-state index is 13.1. The largest absolute Gasteiger partial charge is 0.371 e. The third kappa shape index (κ3) is 4.49. The third-order valence-electron chi connectivity index (χ3n) is 5.77. The minimum absolute atomic E-state index is 0.190. The van der Waals surface area contributed by atoms with Crippen LogP contribution in [0.5, 0.6) is 0 Å². The highest BCUT2D eigenvalue weighted by atomic mass is 32.2. The van der Waals surface area contributed by atoms with E-state index >= 15 is 0 Å². The zero-order chi connectivity index (χ0) is 21.0. The summed E-state index contributed by atoms with van der Waals surface area (Å²) in [6, 6.07) is 10.5. The first kappa shape index (κ1) is 20.8. The first-order chi connectivity index (χ1) is 14.6. The number of nitrogens with one attached hydrogen (secondary N) is 1. The molecule has 0 radical (unpaired) electrons. The van der Waals surface area contributed by atoms with Gasteiger partial charge in [0.1, 0.15) is 0 Å². The first-order valence-electron chi connectivity index (χ1n) is 10.6. The van der Waals surface area contributed by atoms with Crippen LogP contribution in [0.1, 0.15) is 48.2 Å². The van der Waals surface area contributed by atoms with Crippen molar-refractivity contribution in [3.63, 3.8) is 0 Å². The van der Waals surface area contributed by atoms with Gasteiger partial charge in [0.15, 0.2) is 0 Å². The van der Waals surface area contributed by atoms with E-state index in [0.29, 0.717) is 25.2 Å². The van der Waals surface area contributed by atoms with Crippen molar-refractivity contribution in [1.29, 1.82) is 0 Å². The summed E-state index contributed by atoms with van der Waals surface area (Å²) in [6.45, 7) is 3.12. The topological polar surface area (TPSA) is 82.6 Å². The molecule has 160 valence electrons. The summed E-state index contributed by atoms with van der Waals surface area (Å²) >= 11 is 0. The zero-order valence-electron chi connectivity index (χ0n) is 17.1. The number of hydrogen-bond donors (Lipinski definition) is 1. The molecule has 2 fully saturated rings. The molecule has 2 aliphatic heterocycles. The van der Waals surface area contributed by atoms with Crippen LogP contribution in [-0.2, 0) is 16.6 Å². The first-order valence-corrected chi connectivity index (χ1v) is 12.1. The normalized spacial score (nSPS) is 17.8. The lowest BCUT2D eigenvalue weighted by Gasteiger charge is -2.27. The maximum absolute atomic E-state index is 13.1. The Morgan fingerprint density at radius 3 is 2.40 bits per heavy atom. The van der Waals surface area contributed by atoms with Crippen LogP contribution in [-0.4, -0.2) is 49.8 Å². The number of carbonyl (C=O) groups is 1. The standard InChI is InChI=1S/C22H28N4O3S/c27-22(24-17-18-8-2-3-11-23-18)20-16-19(9-10-21(20)25-12-6-7-13-25)30(28,29)26-14-4-1-5-15-26/h2-3,8-11,16H,1,4-7,12-15,17H2,(H,24,27). The molecule has 0 unspecified atom stereocenters. The molecular weight excluding hydrogens is 400 g/mol. The van der Waals surface area contributed by atoms with E-state index in [0.717, 1.165) is 56.6 Å². The molecular formula is C22H28N4O3S. The number of carbonyl (C=O) groups excluding carboxylic acids is 1. The van der Waals surface area contributed by atoms with Crippen LogP contribution in [0.4, 0.5) is 5.69 Å². The summed E-state index contributed by atoms with van der Waals surface area (Å²) in [6.07, 6.45) is 6.64. The van der Waals surface area contributed by atoms with Crippen molar-refractivity contribution in [2.24, 2.45) is 0 Å². The molecule has 2 saturated heterocycles. The highest BCUT2D eigenvalue weighted by Crippen LogP contribution is 2.29. The number of amides is 1. The van der Waals surface area contributed by atoms with Gasteiger partial charge in [-0.1, -0.05) is 12.5 Å². The molecule has 0 atom stereocenters. The minimum atomic E-state index is -3.60. The fourth-order valence-corrected chi connectivity index (χ4v) is 5.66. The molecule has 1 N–H and O–H groups in total. The molecule has 30 heavy (non-hydrogen) atoms. The number of piperidine rings is 1. The summed E-state index contributed by atoms with van der Waals surface area (Å²) in [5.74, 6) is -0.279. The van der Waals surface area contributed by atoms with E-state index in [1.165, 1.54) is 4.31 Å². The van der Waals surface area contributed by atoms with Crippen molar-refractivity contribution in [1.82, 2.24) is 14.6 Å². The molecule has 3 heterocycles. The number of benzene rings is 1. The number of hydrogen-bond acceptors (Lipinski definition) is 5. The van der Waals surface area contributed by atoms with Crippen LogP contribution in [0.15, 0.2) is 47.5 Å². The fourth-order valence-electron chi connectivity index (χ4n) is 4.11. The summed E-state index contributed by atoms with van der Waals surface area (Å²) in [4.78, 5) is 19.7. The lowest BCUT2D eigenvalue weighted by molar-refractivity contribution is 0.0950. The van der Waals surface area contributed by atoms with Gasteiger partial charge in [0.25, 0.3) is 5.91 Å². The third-order valence-corrected chi connectivity index (χ3v) is 7.66. The molecule has 8 heteroatoms. The Balaban J connectivity index is 1.63. The Morgan fingerprint density at radius 2 is 1.70 bits per heavy atom. The summed E-state index contributed by atoms with van der Waals surface area (Å²) in [7, 11) is -3.60. The van der Waals surface area contributed by atoms with E-state index in [2.05, 4.69) is 15.2 Å². The van der Waals surface area contributed by atoms with Crippen LogP contribution in [0, 0.1) is 0 Å². The SMILES string of the molecule is O=C(NCc1ccccn1)c1cc(S(=O)(=O)N2CCCCC2)ccc1N1CCCC1. The maximum Gasteiger partial charge on any atom is 0.253 e. The van der Waals surface area contributed by atoms with Gasteiger partial charge < -0.3 is 10.2 Å². The van der Waals surface area contributed by atoms with Gasteiger partial charge in [0, 0.05) is 38.1 Å². The number of nitrogens with zero attached hydrogens (tertiary/aromatic N) is 3. The van der Waals surface area contributed by atoms with E-state index < -0.39 is 10.0 Å². The molecule has 4 rings (SSSR count). The number of pyridine rings is 1. The molecule has 1 aromatic carbocycles. The van der Waals surface area contributed by atoms with E-state index in [9.17, 15) is 13.2 Å². The summed E-state index contributed by atoms with van der Waals surface area (Å²) in [5, 5.41) is 2.90. The Bertz CT molecular complexity index is 983. The monoisotopic (exact) mass is 428 g/mol. The van der Waals surface area contributed by atoms with Crippen molar-refractivity contribution in [2.45, 2.75) is 43.5 Å². The van der Waals surface area contributed by atoms with Gasteiger partial charge >= 0.3 is 0 Å². The van der Waals surface area contributed by atoms with Crippen LogP contribution >= 0.6 is 0 Å². The Labute approximate surface area is 178 Å². The predicted molar refractivity (Wildman–Crippen MR) is 116 cm³/mol. The Kier molecular flexibility index (Phi) is 6.34. The molecule has 1 aromatic heterocycles. The van der Waals surface area contributed by atoms with Gasteiger partial charge in [-0.25, -0.2) is 8.42 Å². The average Bonchev–Trinajstić information content (AvgIpc) is 3.33. The number of anilines is 1. The van der Waals surface area contributed by atoms with Crippen LogP contribution in [0.2, 0.25) is 0 Å². The van der Waals surface area contributed by atoms with E-state index in [1.807, 2.05) is 18.2 Å². The highest BCUT2D eigenvalue weighted by molar-refractivity contribution is 7.89. The van der Waals surface area contributed by atoms with Gasteiger partial charge in [-0.05, 0) is 56.0 Å². The van der Waals surface area contributed by atoms with Crippen molar-refractivity contribution in [3.8, 4) is 0 Å². The molecule has 1 amide bonds. The second-order valence-corrected chi connectivity index (χ2v) is 9.78. The molecule has 0 bridgehead atoms. The molecule has 7 nitrogen and oxygen atoms in total. The molecule has 2 aromatic rings. The average molecular weight is 429 g/mol. The molecule has 0 saturated carbocycles. The quantitative estimate of drug-likeness (QED) is 0.765. The second-order valence-electron chi connectivity index (χ2n) is 7.84. The van der Waals surface area contributed by atoms with Gasteiger partial charge in [-0.15, -0.1) is 0 Å². The van der Waals surface area contributed by atoms with Crippen LogP contribution in [0.3, 0.4) is 0 Å². The predicted octanol–water partition coefficient (Wildman–Crippen LogP) is 2.79. The van der Waals surface area contributed by atoms with E-state index in [1.54, 1.807) is 24.4 Å².